The standard InChI is InChI=1S/C18H23N5O3/c1-26-10-9-22-7-2-5-18(17(22)25)6-8-23(12-18)16(24)13-3-4-14-15(11-13)20-21-19-14/h3-4,11H,2,5-10,12H2,1H3,(H,19,20,21)/t18-/m1/s1. The number of hydrogen-bond acceptors (Lipinski definition) is 5. The van der Waals surface area contributed by atoms with Crippen molar-refractivity contribution in [1.82, 2.24) is 25.2 Å². The number of H-pyrrole nitrogens is 1. The molecule has 4 rings (SSSR count). The number of carbonyl (C=O) groups is 2. The van der Waals surface area contributed by atoms with Crippen LogP contribution in [-0.2, 0) is 9.53 Å². The van der Waals surface area contributed by atoms with Crippen LogP contribution >= 0.6 is 0 Å². The fourth-order valence-electron chi connectivity index (χ4n) is 4.15. The summed E-state index contributed by atoms with van der Waals surface area (Å²) in [7, 11) is 1.64. The van der Waals surface area contributed by atoms with Gasteiger partial charge in [-0.2, -0.15) is 15.4 Å². The molecule has 0 unspecified atom stereocenters. The molecule has 2 aliphatic rings. The van der Waals surface area contributed by atoms with E-state index in [1.807, 2.05) is 4.90 Å². The van der Waals surface area contributed by atoms with Gasteiger partial charge in [0.25, 0.3) is 5.91 Å². The number of benzene rings is 1. The Kier molecular flexibility index (Phi) is 4.36. The maximum atomic E-state index is 13.0. The van der Waals surface area contributed by atoms with Crippen LogP contribution in [0.5, 0.6) is 0 Å². The van der Waals surface area contributed by atoms with Crippen molar-refractivity contribution in [1.29, 1.82) is 0 Å². The summed E-state index contributed by atoms with van der Waals surface area (Å²) in [6.07, 6.45) is 2.55. The Bertz CT molecular complexity index is 835. The van der Waals surface area contributed by atoms with E-state index in [0.717, 1.165) is 31.3 Å². The highest BCUT2D eigenvalue weighted by Gasteiger charge is 2.49. The SMILES string of the molecule is COCCN1CCC[C@]2(CCN(C(=O)c3ccc4n[nH]nc4c3)C2)C1=O. The van der Waals surface area contributed by atoms with Crippen molar-refractivity contribution >= 4 is 22.8 Å². The Morgan fingerprint density at radius 2 is 2.12 bits per heavy atom. The highest BCUT2D eigenvalue weighted by molar-refractivity contribution is 5.98. The van der Waals surface area contributed by atoms with Gasteiger partial charge in [-0.3, -0.25) is 9.59 Å². The predicted molar refractivity (Wildman–Crippen MR) is 94.5 cm³/mol. The summed E-state index contributed by atoms with van der Waals surface area (Å²) in [5.74, 6) is 0.122. The summed E-state index contributed by atoms with van der Waals surface area (Å²) in [5.41, 5.74) is 1.56. The summed E-state index contributed by atoms with van der Waals surface area (Å²) in [5, 5.41) is 10.6. The van der Waals surface area contributed by atoms with Gasteiger partial charge >= 0.3 is 0 Å². The first-order valence-electron chi connectivity index (χ1n) is 9.01. The molecule has 0 bridgehead atoms. The second-order valence-corrected chi connectivity index (χ2v) is 7.17. The molecule has 2 amide bonds. The molecule has 2 saturated heterocycles. The Morgan fingerprint density at radius 3 is 2.96 bits per heavy atom. The zero-order chi connectivity index (χ0) is 18.1. The molecule has 1 aromatic carbocycles. The van der Waals surface area contributed by atoms with E-state index >= 15 is 0 Å². The maximum absolute atomic E-state index is 13.0. The van der Waals surface area contributed by atoms with E-state index in [-0.39, 0.29) is 11.8 Å². The van der Waals surface area contributed by atoms with Gasteiger partial charge in [0.05, 0.1) is 12.0 Å². The lowest BCUT2D eigenvalue weighted by Gasteiger charge is -2.39. The number of aromatic amines is 1. The molecular weight excluding hydrogens is 334 g/mol. The number of piperidine rings is 1. The van der Waals surface area contributed by atoms with E-state index in [9.17, 15) is 9.59 Å². The number of nitrogens with one attached hydrogen (secondary N) is 1. The van der Waals surface area contributed by atoms with Crippen LogP contribution in [0.15, 0.2) is 18.2 Å². The van der Waals surface area contributed by atoms with E-state index in [0.29, 0.717) is 37.3 Å². The molecule has 1 spiro atoms. The van der Waals surface area contributed by atoms with Crippen molar-refractivity contribution in [3.63, 3.8) is 0 Å². The number of ether oxygens (including phenoxy) is 1. The smallest absolute Gasteiger partial charge is 0.253 e. The Labute approximate surface area is 151 Å². The highest BCUT2D eigenvalue weighted by Crippen LogP contribution is 2.40. The molecule has 3 heterocycles. The van der Waals surface area contributed by atoms with Crippen LogP contribution in [0, 0.1) is 5.41 Å². The summed E-state index contributed by atoms with van der Waals surface area (Å²) in [6, 6.07) is 5.31. The van der Waals surface area contributed by atoms with Crippen molar-refractivity contribution in [2.24, 2.45) is 5.41 Å². The third-order valence-electron chi connectivity index (χ3n) is 5.59. The van der Waals surface area contributed by atoms with Gasteiger partial charge in [-0.25, -0.2) is 0 Å². The van der Waals surface area contributed by atoms with Gasteiger partial charge in [0.2, 0.25) is 5.91 Å². The van der Waals surface area contributed by atoms with Crippen LogP contribution in [0.25, 0.3) is 11.0 Å². The fourth-order valence-corrected chi connectivity index (χ4v) is 4.15. The number of nitrogens with zero attached hydrogens (tertiary/aromatic N) is 4. The monoisotopic (exact) mass is 357 g/mol. The molecule has 8 nitrogen and oxygen atoms in total. The molecule has 138 valence electrons. The van der Waals surface area contributed by atoms with Gasteiger partial charge < -0.3 is 14.5 Å². The first-order valence-corrected chi connectivity index (χ1v) is 9.01. The normalized spacial score (nSPS) is 23.3. The lowest BCUT2D eigenvalue weighted by atomic mass is 9.78. The third-order valence-corrected chi connectivity index (χ3v) is 5.59. The highest BCUT2D eigenvalue weighted by atomic mass is 16.5. The number of amides is 2. The number of likely N-dealkylation sites (tertiary alicyclic amines) is 2. The Morgan fingerprint density at radius 1 is 1.27 bits per heavy atom. The first kappa shape index (κ1) is 17.0. The van der Waals surface area contributed by atoms with Crippen LogP contribution in [0.2, 0.25) is 0 Å². The molecule has 2 aliphatic heterocycles. The van der Waals surface area contributed by atoms with Gasteiger partial charge in [0, 0.05) is 38.9 Å². The molecule has 1 N–H and O–H groups in total. The van der Waals surface area contributed by atoms with E-state index in [4.69, 9.17) is 4.74 Å². The largest absolute Gasteiger partial charge is 0.383 e. The lowest BCUT2D eigenvalue weighted by molar-refractivity contribution is -0.146. The number of fused-ring (bicyclic) bond motifs is 1. The summed E-state index contributed by atoms with van der Waals surface area (Å²) >= 11 is 0. The zero-order valence-electron chi connectivity index (χ0n) is 14.9. The molecule has 0 saturated carbocycles. The van der Waals surface area contributed by atoms with Gasteiger partial charge in [0.1, 0.15) is 11.0 Å². The van der Waals surface area contributed by atoms with Crippen molar-refractivity contribution in [2.45, 2.75) is 19.3 Å². The minimum Gasteiger partial charge on any atom is -0.383 e. The second-order valence-electron chi connectivity index (χ2n) is 7.17. The lowest BCUT2D eigenvalue weighted by Crippen LogP contribution is -2.51. The number of methoxy groups -OCH3 is 1. The topological polar surface area (TPSA) is 91.4 Å². The molecule has 0 aliphatic carbocycles. The quantitative estimate of drug-likeness (QED) is 0.883. The van der Waals surface area contributed by atoms with Crippen molar-refractivity contribution in [3.05, 3.63) is 23.8 Å². The van der Waals surface area contributed by atoms with Gasteiger partial charge in [-0.1, -0.05) is 0 Å². The van der Waals surface area contributed by atoms with E-state index in [1.54, 1.807) is 30.2 Å². The molecule has 2 aromatic rings. The van der Waals surface area contributed by atoms with Gasteiger partial charge in [-0.05, 0) is 37.5 Å². The maximum Gasteiger partial charge on any atom is 0.253 e. The van der Waals surface area contributed by atoms with Crippen LogP contribution in [-0.4, -0.2) is 76.9 Å². The van der Waals surface area contributed by atoms with Crippen LogP contribution in [0.1, 0.15) is 29.6 Å². The first-order chi connectivity index (χ1) is 12.6. The van der Waals surface area contributed by atoms with E-state index < -0.39 is 5.41 Å². The summed E-state index contributed by atoms with van der Waals surface area (Å²) in [6.45, 7) is 3.04. The Hall–Kier alpha value is -2.48. The third kappa shape index (κ3) is 2.84. The van der Waals surface area contributed by atoms with Gasteiger partial charge in [-0.15, -0.1) is 0 Å². The minimum atomic E-state index is -0.431. The molecule has 26 heavy (non-hydrogen) atoms. The minimum absolute atomic E-state index is 0.0476. The molecule has 2 fully saturated rings. The molecule has 0 radical (unpaired) electrons. The fraction of sp³-hybridized carbons (Fsp3) is 0.556. The Balaban J connectivity index is 1.50. The molecule has 8 heteroatoms. The average molecular weight is 357 g/mol. The summed E-state index contributed by atoms with van der Waals surface area (Å²) < 4.78 is 5.12. The predicted octanol–water partition coefficient (Wildman–Crippen LogP) is 1.06. The molecule has 1 aromatic heterocycles. The number of carbonyl (C=O) groups excluding carboxylic acids is 2. The molecular formula is C18H23N5O3. The number of hydrogen-bond donors (Lipinski definition) is 1. The zero-order valence-corrected chi connectivity index (χ0v) is 14.9. The number of aromatic nitrogens is 3. The average Bonchev–Trinajstić information content (AvgIpc) is 3.29. The van der Waals surface area contributed by atoms with E-state index in [2.05, 4.69) is 15.4 Å². The second kappa shape index (κ2) is 6.68. The molecule has 1 atom stereocenters. The van der Waals surface area contributed by atoms with Crippen molar-refractivity contribution < 1.29 is 14.3 Å². The van der Waals surface area contributed by atoms with Crippen LogP contribution < -0.4 is 0 Å². The van der Waals surface area contributed by atoms with Crippen LogP contribution in [0.3, 0.4) is 0 Å². The van der Waals surface area contributed by atoms with E-state index in [1.165, 1.54) is 0 Å². The summed E-state index contributed by atoms with van der Waals surface area (Å²) in [4.78, 5) is 29.6. The number of rotatable bonds is 4. The van der Waals surface area contributed by atoms with Gasteiger partial charge in [0.15, 0.2) is 0 Å². The van der Waals surface area contributed by atoms with Crippen LogP contribution in [0.4, 0.5) is 0 Å². The van der Waals surface area contributed by atoms with Crippen molar-refractivity contribution in [2.75, 3.05) is 39.9 Å². The van der Waals surface area contributed by atoms with Crippen molar-refractivity contribution in [3.8, 4) is 0 Å².